The highest BCUT2D eigenvalue weighted by molar-refractivity contribution is 5.92. The molecule has 2 aromatic rings. The Kier molecular flexibility index (Phi) is 3.54. The highest BCUT2D eigenvalue weighted by Crippen LogP contribution is 2.21. The van der Waals surface area contributed by atoms with Gasteiger partial charge in [-0.3, -0.25) is 9.89 Å². The van der Waals surface area contributed by atoms with Gasteiger partial charge in [-0.15, -0.1) is 0 Å². The van der Waals surface area contributed by atoms with Crippen LogP contribution in [0, 0.1) is 6.92 Å². The number of amides is 1. The van der Waals surface area contributed by atoms with E-state index in [1.807, 2.05) is 0 Å². The van der Waals surface area contributed by atoms with Crippen molar-refractivity contribution < 1.29 is 9.21 Å². The summed E-state index contributed by atoms with van der Waals surface area (Å²) in [6, 6.07) is 0. The van der Waals surface area contributed by atoms with E-state index in [4.69, 9.17) is 4.42 Å². The van der Waals surface area contributed by atoms with Gasteiger partial charge < -0.3 is 9.73 Å². The Hall–Kier alpha value is -2.11. The Morgan fingerprint density at radius 3 is 3.05 bits per heavy atom. The molecule has 0 unspecified atom stereocenters. The van der Waals surface area contributed by atoms with Crippen LogP contribution in [0.3, 0.4) is 0 Å². The minimum Gasteiger partial charge on any atom is -0.448 e. The molecule has 1 amide bonds. The Bertz CT molecular complexity index is 614. The molecule has 2 aromatic heterocycles. The number of fused-ring (bicyclic) bond motifs is 1. The number of carbonyl (C=O) groups excluding carboxylic acids is 1. The van der Waals surface area contributed by atoms with Crippen molar-refractivity contribution in [3.63, 3.8) is 0 Å². The molecule has 2 N–H and O–H groups in total. The van der Waals surface area contributed by atoms with E-state index in [-0.39, 0.29) is 5.91 Å². The lowest BCUT2D eigenvalue weighted by Crippen LogP contribution is -2.24. The molecule has 0 fully saturated rings. The van der Waals surface area contributed by atoms with Crippen LogP contribution in [-0.2, 0) is 19.4 Å². The molecule has 106 valence electrons. The van der Waals surface area contributed by atoms with Gasteiger partial charge in [0.05, 0.1) is 12.2 Å². The number of H-pyrrole nitrogens is 1. The molecule has 1 aliphatic rings. The van der Waals surface area contributed by atoms with Crippen LogP contribution in [0.15, 0.2) is 10.8 Å². The van der Waals surface area contributed by atoms with Gasteiger partial charge in [0.2, 0.25) is 0 Å². The number of aromatic amines is 1. The van der Waals surface area contributed by atoms with Crippen molar-refractivity contribution in [2.75, 3.05) is 0 Å². The van der Waals surface area contributed by atoms with Crippen LogP contribution >= 0.6 is 0 Å². The van der Waals surface area contributed by atoms with Crippen LogP contribution < -0.4 is 5.32 Å². The van der Waals surface area contributed by atoms with Crippen LogP contribution in [0.2, 0.25) is 0 Å². The van der Waals surface area contributed by atoms with Crippen LogP contribution in [0.1, 0.15) is 52.5 Å². The van der Waals surface area contributed by atoms with Crippen molar-refractivity contribution in [3.05, 3.63) is 34.8 Å². The van der Waals surface area contributed by atoms with Crippen LogP contribution in [-0.4, -0.2) is 21.1 Å². The summed E-state index contributed by atoms with van der Waals surface area (Å²) in [4.78, 5) is 15.9. The Labute approximate surface area is 117 Å². The van der Waals surface area contributed by atoms with Crippen LogP contribution in [0.25, 0.3) is 0 Å². The number of oxazole rings is 1. The average molecular weight is 274 g/mol. The third-order valence-corrected chi connectivity index (χ3v) is 3.77. The van der Waals surface area contributed by atoms with Crippen LogP contribution in [0.4, 0.5) is 0 Å². The van der Waals surface area contributed by atoms with E-state index < -0.39 is 0 Å². The average Bonchev–Trinajstić information content (AvgIpc) is 2.96. The number of rotatable bonds is 3. The first-order chi connectivity index (χ1) is 9.75. The lowest BCUT2D eigenvalue weighted by atomic mass is 10.1. The molecule has 0 aliphatic heterocycles. The van der Waals surface area contributed by atoms with Crippen molar-refractivity contribution in [2.45, 2.75) is 45.6 Å². The zero-order valence-corrected chi connectivity index (χ0v) is 11.5. The van der Waals surface area contributed by atoms with Gasteiger partial charge in [0.25, 0.3) is 5.91 Å². The summed E-state index contributed by atoms with van der Waals surface area (Å²) in [5, 5.41) is 10.3. The molecule has 6 nitrogen and oxygen atoms in total. The fourth-order valence-electron chi connectivity index (χ4n) is 2.64. The fourth-order valence-corrected chi connectivity index (χ4v) is 2.64. The quantitative estimate of drug-likeness (QED) is 0.837. The highest BCUT2D eigenvalue weighted by Gasteiger charge is 2.18. The van der Waals surface area contributed by atoms with Gasteiger partial charge in [0, 0.05) is 5.69 Å². The first-order valence-corrected chi connectivity index (χ1v) is 6.99. The monoisotopic (exact) mass is 274 g/mol. The number of aryl methyl sites for hydroxylation is 2. The van der Waals surface area contributed by atoms with Crippen molar-refractivity contribution >= 4 is 5.91 Å². The second-order valence-electron chi connectivity index (χ2n) is 5.13. The molecule has 1 aliphatic carbocycles. The van der Waals surface area contributed by atoms with Gasteiger partial charge in [-0.05, 0) is 38.2 Å². The molecule has 0 aromatic carbocycles. The minimum atomic E-state index is -0.221. The summed E-state index contributed by atoms with van der Waals surface area (Å²) >= 11 is 0. The largest absolute Gasteiger partial charge is 0.448 e. The Balaban J connectivity index is 1.68. The summed E-state index contributed by atoms with van der Waals surface area (Å²) in [6.07, 6.45) is 7.03. The normalized spacial score (nSPS) is 14.7. The molecule has 3 rings (SSSR count). The zero-order valence-electron chi connectivity index (χ0n) is 11.5. The van der Waals surface area contributed by atoms with Crippen LogP contribution in [0.5, 0.6) is 0 Å². The molecule has 0 saturated carbocycles. The van der Waals surface area contributed by atoms with Crippen molar-refractivity contribution in [3.8, 4) is 0 Å². The maximum atomic E-state index is 12.0. The number of hydrogen-bond donors (Lipinski definition) is 2. The van der Waals surface area contributed by atoms with Gasteiger partial charge in [-0.25, -0.2) is 4.98 Å². The predicted octanol–water partition coefficient (Wildman–Crippen LogP) is 1.91. The SMILES string of the molecule is Cc1ocnc1C(=O)NCc1n[nH]c2c1CCCCC2. The third kappa shape index (κ3) is 2.45. The molecule has 0 saturated heterocycles. The number of nitrogens with zero attached hydrogens (tertiary/aromatic N) is 2. The molecular weight excluding hydrogens is 256 g/mol. The summed E-state index contributed by atoms with van der Waals surface area (Å²) in [7, 11) is 0. The van der Waals surface area contributed by atoms with Gasteiger partial charge >= 0.3 is 0 Å². The number of carbonyl (C=O) groups is 1. The smallest absolute Gasteiger partial charge is 0.273 e. The molecule has 6 heteroatoms. The topological polar surface area (TPSA) is 83.8 Å². The Morgan fingerprint density at radius 1 is 1.40 bits per heavy atom. The fraction of sp³-hybridized carbons (Fsp3) is 0.500. The third-order valence-electron chi connectivity index (χ3n) is 3.77. The predicted molar refractivity (Wildman–Crippen MR) is 72.3 cm³/mol. The molecular formula is C14H18N4O2. The number of aromatic nitrogens is 3. The van der Waals surface area contributed by atoms with Crippen molar-refractivity contribution in [1.29, 1.82) is 0 Å². The summed E-state index contributed by atoms with van der Waals surface area (Å²) in [6.45, 7) is 2.15. The van der Waals surface area contributed by atoms with E-state index in [1.165, 1.54) is 36.9 Å². The molecule has 0 spiro atoms. The Morgan fingerprint density at radius 2 is 2.25 bits per heavy atom. The first-order valence-electron chi connectivity index (χ1n) is 6.99. The second-order valence-corrected chi connectivity index (χ2v) is 5.13. The summed E-state index contributed by atoms with van der Waals surface area (Å²) < 4.78 is 5.04. The summed E-state index contributed by atoms with van der Waals surface area (Å²) in [5.41, 5.74) is 3.78. The van der Waals surface area contributed by atoms with E-state index in [0.29, 0.717) is 18.0 Å². The van der Waals surface area contributed by atoms with Gasteiger partial charge in [-0.1, -0.05) is 6.42 Å². The van der Waals surface area contributed by atoms with E-state index >= 15 is 0 Å². The first kappa shape index (κ1) is 12.9. The molecule has 0 radical (unpaired) electrons. The molecule has 2 heterocycles. The van der Waals surface area contributed by atoms with E-state index in [2.05, 4.69) is 20.5 Å². The standard InChI is InChI=1S/C14H18N4O2/c1-9-13(16-8-20-9)14(19)15-7-12-10-5-3-2-4-6-11(10)17-18-12/h8H,2-7H2,1H3,(H,15,19)(H,17,18). The maximum Gasteiger partial charge on any atom is 0.273 e. The van der Waals surface area contributed by atoms with E-state index in [9.17, 15) is 4.79 Å². The van der Waals surface area contributed by atoms with Crippen molar-refractivity contribution in [2.24, 2.45) is 0 Å². The maximum absolute atomic E-state index is 12.0. The molecule has 20 heavy (non-hydrogen) atoms. The van der Waals surface area contributed by atoms with E-state index in [0.717, 1.165) is 18.5 Å². The van der Waals surface area contributed by atoms with Crippen molar-refractivity contribution in [1.82, 2.24) is 20.5 Å². The summed E-state index contributed by atoms with van der Waals surface area (Å²) in [5.74, 6) is 0.310. The number of hydrogen-bond acceptors (Lipinski definition) is 4. The second kappa shape index (κ2) is 5.48. The zero-order chi connectivity index (χ0) is 13.9. The van der Waals surface area contributed by atoms with Gasteiger partial charge in [-0.2, -0.15) is 5.10 Å². The highest BCUT2D eigenvalue weighted by atomic mass is 16.3. The minimum absolute atomic E-state index is 0.221. The lowest BCUT2D eigenvalue weighted by molar-refractivity contribution is 0.0944. The molecule has 0 atom stereocenters. The lowest BCUT2D eigenvalue weighted by Gasteiger charge is -2.04. The van der Waals surface area contributed by atoms with Gasteiger partial charge in [0.1, 0.15) is 5.76 Å². The molecule has 0 bridgehead atoms. The van der Waals surface area contributed by atoms with E-state index in [1.54, 1.807) is 6.92 Å². The number of nitrogens with one attached hydrogen (secondary N) is 2. The van der Waals surface area contributed by atoms with Gasteiger partial charge in [0.15, 0.2) is 12.1 Å².